The normalized spacial score (nSPS) is 12.8. The lowest BCUT2D eigenvalue weighted by Crippen LogP contribution is -2.30. The van der Waals surface area contributed by atoms with Crippen LogP contribution in [0.4, 0.5) is 0 Å². The van der Waals surface area contributed by atoms with Crippen LogP contribution in [0.2, 0.25) is 0 Å². The van der Waals surface area contributed by atoms with E-state index in [1.165, 1.54) is 0 Å². The molecule has 20 heavy (non-hydrogen) atoms. The van der Waals surface area contributed by atoms with Crippen LogP contribution < -0.4 is 5.32 Å². The van der Waals surface area contributed by atoms with Gasteiger partial charge >= 0.3 is 0 Å². The molecule has 0 bridgehead atoms. The molecule has 0 saturated heterocycles. The van der Waals surface area contributed by atoms with Crippen LogP contribution in [-0.2, 0) is 6.54 Å². The largest absolute Gasteiger partial charge is 0.392 e. The molecule has 0 spiro atoms. The maximum absolute atomic E-state index is 9.73. The van der Waals surface area contributed by atoms with Crippen molar-refractivity contribution in [3.05, 3.63) is 39.8 Å². The molecule has 0 radical (unpaired) electrons. The predicted molar refractivity (Wildman–Crippen MR) is 87.8 cm³/mol. The van der Waals surface area contributed by atoms with Crippen LogP contribution in [0, 0.1) is 5.92 Å². The molecule has 0 amide bonds. The van der Waals surface area contributed by atoms with Gasteiger partial charge < -0.3 is 10.4 Å². The third-order valence-corrected chi connectivity index (χ3v) is 4.49. The van der Waals surface area contributed by atoms with Crippen molar-refractivity contribution in [1.82, 2.24) is 10.3 Å². The monoisotopic (exact) mass is 354 g/mol. The molecule has 1 atom stereocenters. The van der Waals surface area contributed by atoms with Crippen molar-refractivity contribution in [2.24, 2.45) is 5.92 Å². The first-order valence-electron chi connectivity index (χ1n) is 6.65. The second kappa shape index (κ2) is 7.31. The van der Waals surface area contributed by atoms with Crippen LogP contribution in [0.1, 0.15) is 19.5 Å². The van der Waals surface area contributed by atoms with Gasteiger partial charge in [0.2, 0.25) is 0 Å². The Bertz CT molecular complexity index is 556. The minimum Gasteiger partial charge on any atom is -0.392 e. The average molecular weight is 355 g/mol. The van der Waals surface area contributed by atoms with Crippen LogP contribution in [0.25, 0.3) is 10.6 Å². The molecule has 108 valence electrons. The second-order valence-corrected chi connectivity index (χ2v) is 6.87. The first kappa shape index (κ1) is 15.6. The minimum atomic E-state index is -0.307. The maximum Gasteiger partial charge on any atom is 0.123 e. The predicted octanol–water partition coefficient (Wildman–Crippen LogP) is 3.68. The van der Waals surface area contributed by atoms with Crippen LogP contribution in [0.5, 0.6) is 0 Å². The van der Waals surface area contributed by atoms with Crippen LogP contribution in [-0.4, -0.2) is 22.7 Å². The Balaban J connectivity index is 1.93. The van der Waals surface area contributed by atoms with E-state index in [9.17, 15) is 5.11 Å². The molecule has 0 fully saturated rings. The Hall–Kier alpha value is -0.750. The number of halogens is 1. The van der Waals surface area contributed by atoms with Crippen molar-refractivity contribution in [2.45, 2.75) is 26.5 Å². The van der Waals surface area contributed by atoms with Crippen molar-refractivity contribution in [2.75, 3.05) is 6.54 Å². The zero-order chi connectivity index (χ0) is 14.5. The Labute approximate surface area is 132 Å². The molecular weight excluding hydrogens is 336 g/mol. The summed E-state index contributed by atoms with van der Waals surface area (Å²) < 4.78 is 1.06. The molecule has 1 aromatic heterocycles. The van der Waals surface area contributed by atoms with Gasteiger partial charge in [-0.2, -0.15) is 0 Å². The maximum atomic E-state index is 9.73. The highest BCUT2D eigenvalue weighted by Gasteiger charge is 2.09. The topological polar surface area (TPSA) is 45.1 Å². The van der Waals surface area contributed by atoms with Crippen molar-refractivity contribution in [3.63, 3.8) is 0 Å². The van der Waals surface area contributed by atoms with Gasteiger partial charge in [-0.05, 0) is 18.1 Å². The summed E-state index contributed by atoms with van der Waals surface area (Å²) in [5.41, 5.74) is 2.14. The molecule has 3 nitrogen and oxygen atoms in total. The fourth-order valence-electron chi connectivity index (χ4n) is 1.73. The van der Waals surface area contributed by atoms with Gasteiger partial charge in [-0.25, -0.2) is 4.98 Å². The number of hydrogen-bond donors (Lipinski definition) is 2. The lowest BCUT2D eigenvalue weighted by Gasteiger charge is -2.14. The van der Waals surface area contributed by atoms with Gasteiger partial charge in [0.05, 0.1) is 11.8 Å². The fraction of sp³-hybridized carbons (Fsp3) is 0.400. The second-order valence-electron chi connectivity index (χ2n) is 5.10. The molecule has 1 aromatic carbocycles. The molecule has 5 heteroatoms. The number of nitrogens with zero attached hydrogens (tertiary/aromatic N) is 1. The smallest absolute Gasteiger partial charge is 0.123 e. The van der Waals surface area contributed by atoms with E-state index in [-0.39, 0.29) is 12.0 Å². The summed E-state index contributed by atoms with van der Waals surface area (Å²) in [7, 11) is 0. The summed E-state index contributed by atoms with van der Waals surface area (Å²) in [6.07, 6.45) is -0.307. The molecule has 0 aliphatic heterocycles. The first-order valence-corrected chi connectivity index (χ1v) is 8.32. The van der Waals surface area contributed by atoms with E-state index in [4.69, 9.17) is 0 Å². The number of rotatable bonds is 6. The quantitative estimate of drug-likeness (QED) is 0.831. The Morgan fingerprint density at radius 3 is 2.90 bits per heavy atom. The minimum absolute atomic E-state index is 0.273. The highest BCUT2D eigenvalue weighted by Crippen LogP contribution is 2.26. The number of aliphatic hydroxyl groups is 1. The summed E-state index contributed by atoms with van der Waals surface area (Å²) in [5, 5.41) is 16.1. The molecule has 0 aliphatic carbocycles. The van der Waals surface area contributed by atoms with Gasteiger partial charge in [0, 0.05) is 28.5 Å². The summed E-state index contributed by atoms with van der Waals surface area (Å²) in [4.78, 5) is 4.62. The van der Waals surface area contributed by atoms with E-state index in [1.54, 1.807) is 11.3 Å². The molecule has 2 rings (SSSR count). The summed E-state index contributed by atoms with van der Waals surface area (Å²) >= 11 is 5.12. The molecule has 1 unspecified atom stereocenters. The number of thiazole rings is 1. The van der Waals surface area contributed by atoms with Crippen molar-refractivity contribution >= 4 is 27.3 Å². The Morgan fingerprint density at radius 1 is 1.40 bits per heavy atom. The number of nitrogens with one attached hydrogen (secondary N) is 1. The van der Waals surface area contributed by atoms with Crippen molar-refractivity contribution in [3.8, 4) is 10.6 Å². The molecule has 1 heterocycles. The third kappa shape index (κ3) is 4.38. The van der Waals surface area contributed by atoms with Crippen LogP contribution in [0.15, 0.2) is 34.1 Å². The van der Waals surface area contributed by atoms with Crippen LogP contribution >= 0.6 is 27.3 Å². The SMILES string of the molecule is CC(C)C(O)CNCc1csc(-c2cccc(Br)c2)n1. The van der Waals surface area contributed by atoms with E-state index in [0.29, 0.717) is 13.1 Å². The molecule has 2 aromatic rings. The fourth-order valence-corrected chi connectivity index (χ4v) is 2.94. The van der Waals surface area contributed by atoms with E-state index < -0.39 is 0 Å². The first-order chi connectivity index (χ1) is 9.56. The van der Waals surface area contributed by atoms with E-state index in [2.05, 4.69) is 43.7 Å². The van der Waals surface area contributed by atoms with E-state index >= 15 is 0 Å². The van der Waals surface area contributed by atoms with Gasteiger partial charge in [0.25, 0.3) is 0 Å². The highest BCUT2D eigenvalue weighted by atomic mass is 79.9. The van der Waals surface area contributed by atoms with Gasteiger partial charge in [-0.3, -0.25) is 0 Å². The molecule has 0 saturated carbocycles. The standard InChI is InChI=1S/C15H19BrN2OS/c1-10(2)14(19)8-17-7-13-9-20-15(18-13)11-4-3-5-12(16)6-11/h3-6,9-10,14,17,19H,7-8H2,1-2H3. The van der Waals surface area contributed by atoms with Crippen molar-refractivity contribution in [1.29, 1.82) is 0 Å². The zero-order valence-electron chi connectivity index (χ0n) is 11.6. The van der Waals surface area contributed by atoms with E-state index in [1.807, 2.05) is 26.0 Å². The van der Waals surface area contributed by atoms with Crippen LogP contribution in [0.3, 0.4) is 0 Å². The van der Waals surface area contributed by atoms with Gasteiger partial charge in [0.1, 0.15) is 5.01 Å². The molecule has 0 aliphatic rings. The van der Waals surface area contributed by atoms with Gasteiger partial charge in [-0.15, -0.1) is 11.3 Å². The highest BCUT2D eigenvalue weighted by molar-refractivity contribution is 9.10. The number of hydrogen-bond acceptors (Lipinski definition) is 4. The molecule has 2 N–H and O–H groups in total. The third-order valence-electron chi connectivity index (χ3n) is 3.05. The zero-order valence-corrected chi connectivity index (χ0v) is 14.0. The van der Waals surface area contributed by atoms with Gasteiger partial charge in [-0.1, -0.05) is 41.9 Å². The Kier molecular flexibility index (Phi) is 5.72. The average Bonchev–Trinajstić information content (AvgIpc) is 2.87. The summed E-state index contributed by atoms with van der Waals surface area (Å²) in [6, 6.07) is 8.15. The Morgan fingerprint density at radius 2 is 2.20 bits per heavy atom. The number of benzene rings is 1. The van der Waals surface area contributed by atoms with Gasteiger partial charge in [0.15, 0.2) is 0 Å². The lowest BCUT2D eigenvalue weighted by molar-refractivity contribution is 0.123. The number of aromatic nitrogens is 1. The van der Waals surface area contributed by atoms with E-state index in [0.717, 1.165) is 20.7 Å². The number of aliphatic hydroxyl groups excluding tert-OH is 1. The van der Waals surface area contributed by atoms with Crippen molar-refractivity contribution < 1.29 is 5.11 Å². The lowest BCUT2D eigenvalue weighted by atomic mass is 10.1. The summed E-state index contributed by atoms with van der Waals surface area (Å²) in [6.45, 7) is 5.32. The molecular formula is C15H19BrN2OS. The summed E-state index contributed by atoms with van der Waals surface area (Å²) in [5.74, 6) is 0.273.